The van der Waals surface area contributed by atoms with Gasteiger partial charge < -0.3 is 10.4 Å². The number of aryl methyl sites for hydroxylation is 1. The summed E-state index contributed by atoms with van der Waals surface area (Å²) in [5.74, 6) is -0.529. The number of amides is 1. The van der Waals surface area contributed by atoms with E-state index in [2.05, 4.69) is 10.3 Å². The van der Waals surface area contributed by atoms with Crippen molar-refractivity contribution in [3.63, 3.8) is 0 Å². The Morgan fingerprint density at radius 2 is 1.81 bits per heavy atom. The molecule has 3 rings (SSSR count). The van der Waals surface area contributed by atoms with Gasteiger partial charge in [-0.2, -0.15) is 0 Å². The lowest BCUT2D eigenvalue weighted by molar-refractivity contribution is -0.141. The number of carbonyl (C=O) groups excluding carboxylic acids is 1. The number of nitrogens with one attached hydrogen (secondary N) is 1. The molecule has 3 aromatic rings. The fraction of sp³-hybridized carbons (Fsp3) is 0.250. The van der Waals surface area contributed by atoms with E-state index in [0.29, 0.717) is 12.8 Å². The van der Waals surface area contributed by atoms with E-state index in [4.69, 9.17) is 5.11 Å². The molecule has 0 radical (unpaired) electrons. The molecule has 6 heteroatoms. The van der Waals surface area contributed by atoms with Crippen LogP contribution in [0.2, 0.25) is 0 Å². The average Bonchev–Trinajstić information content (AvgIpc) is 3.03. The fourth-order valence-corrected chi connectivity index (χ4v) is 2.94. The van der Waals surface area contributed by atoms with E-state index in [1.807, 2.05) is 59.2 Å². The molecule has 2 aromatic carbocycles. The summed E-state index contributed by atoms with van der Waals surface area (Å²) in [6, 6.07) is 16.8. The van der Waals surface area contributed by atoms with Crippen molar-refractivity contribution < 1.29 is 14.7 Å². The largest absolute Gasteiger partial charge is 0.480 e. The van der Waals surface area contributed by atoms with Crippen LogP contribution in [0.5, 0.6) is 0 Å². The highest BCUT2D eigenvalue weighted by atomic mass is 16.4. The average molecular weight is 351 g/mol. The van der Waals surface area contributed by atoms with Crippen LogP contribution in [0.3, 0.4) is 0 Å². The molecule has 1 unspecified atom stereocenters. The first kappa shape index (κ1) is 17.7. The number of benzene rings is 2. The summed E-state index contributed by atoms with van der Waals surface area (Å²) >= 11 is 0. The molecule has 26 heavy (non-hydrogen) atoms. The van der Waals surface area contributed by atoms with Gasteiger partial charge in [0.25, 0.3) is 0 Å². The molecule has 0 saturated carbocycles. The van der Waals surface area contributed by atoms with Crippen LogP contribution in [-0.2, 0) is 16.0 Å². The van der Waals surface area contributed by atoms with Crippen molar-refractivity contribution in [1.29, 1.82) is 0 Å². The van der Waals surface area contributed by atoms with Crippen LogP contribution in [0.1, 0.15) is 25.6 Å². The van der Waals surface area contributed by atoms with Crippen LogP contribution in [0.4, 0.5) is 0 Å². The zero-order valence-corrected chi connectivity index (χ0v) is 14.6. The van der Waals surface area contributed by atoms with Gasteiger partial charge in [-0.25, -0.2) is 9.78 Å². The highest BCUT2D eigenvalue weighted by Crippen LogP contribution is 2.22. The lowest BCUT2D eigenvalue weighted by atomic mass is 10.2. The predicted octanol–water partition coefficient (Wildman–Crippen LogP) is 2.94. The third-order valence-corrected chi connectivity index (χ3v) is 4.26. The van der Waals surface area contributed by atoms with Gasteiger partial charge in [0.05, 0.1) is 11.0 Å². The van der Waals surface area contributed by atoms with Gasteiger partial charge in [-0.05, 0) is 30.7 Å². The summed E-state index contributed by atoms with van der Waals surface area (Å²) in [7, 11) is 0. The van der Waals surface area contributed by atoms with E-state index in [9.17, 15) is 9.59 Å². The van der Waals surface area contributed by atoms with Gasteiger partial charge >= 0.3 is 5.97 Å². The Hall–Kier alpha value is -3.15. The number of para-hydroxylation sites is 3. The zero-order valence-electron chi connectivity index (χ0n) is 14.6. The minimum absolute atomic E-state index is 0.180. The van der Waals surface area contributed by atoms with Crippen LogP contribution >= 0.6 is 0 Å². The minimum atomic E-state index is -1.02. The first-order valence-electron chi connectivity index (χ1n) is 8.64. The number of carboxylic acid groups (broad SMARTS) is 1. The number of aromatic nitrogens is 2. The molecule has 6 nitrogen and oxygen atoms in total. The minimum Gasteiger partial charge on any atom is -0.480 e. The predicted molar refractivity (Wildman–Crippen MR) is 99.2 cm³/mol. The summed E-state index contributed by atoms with van der Waals surface area (Å²) in [6.45, 7) is 1.73. The molecule has 0 aliphatic rings. The molecule has 0 aliphatic heterocycles. The molecule has 1 atom stereocenters. The number of hydrogen-bond acceptors (Lipinski definition) is 3. The second-order valence-corrected chi connectivity index (χ2v) is 6.05. The lowest BCUT2D eigenvalue weighted by Gasteiger charge is -2.13. The number of imidazole rings is 1. The zero-order chi connectivity index (χ0) is 18.5. The van der Waals surface area contributed by atoms with Gasteiger partial charge in [0.1, 0.15) is 11.9 Å². The van der Waals surface area contributed by atoms with Gasteiger partial charge in [-0.3, -0.25) is 9.36 Å². The summed E-state index contributed by atoms with van der Waals surface area (Å²) in [6.07, 6.45) is 0.953. The number of nitrogens with zero attached hydrogens (tertiary/aromatic N) is 2. The molecule has 2 N–H and O–H groups in total. The maximum absolute atomic E-state index is 12.1. The highest BCUT2D eigenvalue weighted by Gasteiger charge is 2.18. The third kappa shape index (κ3) is 3.74. The van der Waals surface area contributed by atoms with E-state index < -0.39 is 12.0 Å². The fourth-order valence-electron chi connectivity index (χ4n) is 2.94. The summed E-state index contributed by atoms with van der Waals surface area (Å²) in [5, 5.41) is 11.6. The van der Waals surface area contributed by atoms with Gasteiger partial charge in [-0.1, -0.05) is 37.3 Å². The number of aliphatic carboxylic acids is 1. The van der Waals surface area contributed by atoms with E-state index >= 15 is 0 Å². The first-order valence-corrected chi connectivity index (χ1v) is 8.64. The summed E-state index contributed by atoms with van der Waals surface area (Å²) in [4.78, 5) is 27.9. The highest BCUT2D eigenvalue weighted by molar-refractivity contribution is 5.84. The molecular formula is C20H21N3O3. The van der Waals surface area contributed by atoms with Crippen molar-refractivity contribution in [1.82, 2.24) is 14.9 Å². The molecule has 0 bridgehead atoms. The Balaban J connectivity index is 1.84. The second-order valence-electron chi connectivity index (χ2n) is 6.05. The number of hydrogen-bond donors (Lipinski definition) is 2. The van der Waals surface area contributed by atoms with E-state index in [1.54, 1.807) is 6.92 Å². The van der Waals surface area contributed by atoms with Crippen LogP contribution in [0, 0.1) is 0 Å². The quantitative estimate of drug-likeness (QED) is 0.685. The van der Waals surface area contributed by atoms with Gasteiger partial charge in [0, 0.05) is 18.5 Å². The second kappa shape index (κ2) is 7.82. The van der Waals surface area contributed by atoms with Crippen LogP contribution in [0.15, 0.2) is 54.6 Å². The van der Waals surface area contributed by atoms with Crippen molar-refractivity contribution in [2.75, 3.05) is 0 Å². The molecule has 1 aromatic heterocycles. The van der Waals surface area contributed by atoms with Crippen molar-refractivity contribution in [2.24, 2.45) is 0 Å². The molecular weight excluding hydrogens is 330 g/mol. The Kier molecular flexibility index (Phi) is 5.31. The monoisotopic (exact) mass is 351 g/mol. The topological polar surface area (TPSA) is 84.2 Å². The number of carboxylic acids is 1. The maximum Gasteiger partial charge on any atom is 0.326 e. The SMILES string of the molecule is CCC(NC(=O)CCc1nc2ccccc2n1-c1ccccc1)C(=O)O. The van der Waals surface area contributed by atoms with Crippen molar-refractivity contribution in [2.45, 2.75) is 32.2 Å². The molecule has 0 saturated heterocycles. The molecule has 0 spiro atoms. The standard InChI is InChI=1S/C20H21N3O3/c1-2-15(20(25)26)22-19(24)13-12-18-21-16-10-6-7-11-17(16)23(18)14-8-4-3-5-9-14/h3-11,15H,2,12-13H2,1H3,(H,22,24)(H,25,26). The molecule has 0 aliphatic carbocycles. The Morgan fingerprint density at radius 3 is 2.50 bits per heavy atom. The van der Waals surface area contributed by atoms with Crippen molar-refractivity contribution in [3.8, 4) is 5.69 Å². The smallest absolute Gasteiger partial charge is 0.326 e. The van der Waals surface area contributed by atoms with Crippen LogP contribution in [0.25, 0.3) is 16.7 Å². The number of rotatable bonds is 7. The first-order chi connectivity index (χ1) is 12.6. The lowest BCUT2D eigenvalue weighted by Crippen LogP contribution is -2.40. The maximum atomic E-state index is 12.1. The Labute approximate surface area is 151 Å². The number of fused-ring (bicyclic) bond motifs is 1. The normalized spacial score (nSPS) is 12.0. The third-order valence-electron chi connectivity index (χ3n) is 4.26. The van der Waals surface area contributed by atoms with E-state index in [1.165, 1.54) is 0 Å². The van der Waals surface area contributed by atoms with Gasteiger partial charge in [0.15, 0.2) is 0 Å². The van der Waals surface area contributed by atoms with Crippen LogP contribution in [-0.4, -0.2) is 32.6 Å². The van der Waals surface area contributed by atoms with Gasteiger partial charge in [-0.15, -0.1) is 0 Å². The van der Waals surface area contributed by atoms with Crippen LogP contribution < -0.4 is 5.32 Å². The van der Waals surface area contributed by atoms with Gasteiger partial charge in [0.2, 0.25) is 5.91 Å². The van der Waals surface area contributed by atoms with Crippen molar-refractivity contribution in [3.05, 3.63) is 60.4 Å². The molecule has 134 valence electrons. The molecule has 1 amide bonds. The summed E-state index contributed by atoms with van der Waals surface area (Å²) < 4.78 is 2.04. The number of carbonyl (C=O) groups is 2. The molecule has 0 fully saturated rings. The van der Waals surface area contributed by atoms with E-state index in [-0.39, 0.29) is 12.3 Å². The van der Waals surface area contributed by atoms with Crippen molar-refractivity contribution >= 4 is 22.9 Å². The Morgan fingerprint density at radius 1 is 1.12 bits per heavy atom. The van der Waals surface area contributed by atoms with E-state index in [0.717, 1.165) is 22.5 Å². The summed E-state index contributed by atoms with van der Waals surface area (Å²) in [5.41, 5.74) is 2.82. The molecule has 1 heterocycles. The Bertz CT molecular complexity index is 918.